The summed E-state index contributed by atoms with van der Waals surface area (Å²) in [6.45, 7) is -0.535. The van der Waals surface area contributed by atoms with Gasteiger partial charge in [0.25, 0.3) is 0 Å². The molecule has 0 fully saturated rings. The van der Waals surface area contributed by atoms with E-state index in [0.29, 0.717) is 0 Å². The predicted molar refractivity (Wildman–Crippen MR) is 82.0 cm³/mol. The van der Waals surface area contributed by atoms with Crippen molar-refractivity contribution in [3.63, 3.8) is 0 Å². The zero-order valence-electron chi connectivity index (χ0n) is 12.3. The molecule has 10 heteroatoms. The van der Waals surface area contributed by atoms with E-state index in [1.165, 1.54) is 0 Å². The first-order chi connectivity index (χ1) is 10.8. The van der Waals surface area contributed by atoms with Crippen molar-refractivity contribution in [2.75, 3.05) is 18.8 Å². The minimum Gasteiger partial charge on any atom is -0.480 e. The Hall–Kier alpha value is -2.17. The Morgan fingerprint density at radius 1 is 1.26 bits per heavy atom. The number of carboxylic acid groups (broad SMARTS) is 1. The van der Waals surface area contributed by atoms with Crippen molar-refractivity contribution in [2.45, 2.75) is 12.6 Å². The monoisotopic (exact) mass is 345 g/mol. The summed E-state index contributed by atoms with van der Waals surface area (Å²) < 4.78 is 30.1. The number of benzene rings is 1. The number of nitrogens with two attached hydrogens (primary N) is 1. The Kier molecular flexibility index (Phi) is 7.45. The molecule has 0 aromatic heterocycles. The third-order valence-corrected chi connectivity index (χ3v) is 4.09. The molecule has 5 N–H and O–H groups in total. The number of amides is 1. The van der Waals surface area contributed by atoms with Crippen molar-refractivity contribution in [1.29, 1.82) is 0 Å². The largest absolute Gasteiger partial charge is 0.480 e. The molecule has 1 aromatic carbocycles. The molecule has 128 valence electrons. The van der Waals surface area contributed by atoms with Gasteiger partial charge in [0, 0.05) is 13.1 Å². The second kappa shape index (κ2) is 9.08. The van der Waals surface area contributed by atoms with Gasteiger partial charge in [0.2, 0.25) is 10.0 Å². The Morgan fingerprint density at radius 3 is 2.48 bits per heavy atom. The Balaban J connectivity index is 2.32. The van der Waals surface area contributed by atoms with Crippen LogP contribution in [0.15, 0.2) is 30.3 Å². The van der Waals surface area contributed by atoms with Crippen molar-refractivity contribution in [3.8, 4) is 0 Å². The van der Waals surface area contributed by atoms with Crippen LogP contribution in [-0.2, 0) is 26.2 Å². The Bertz CT molecular complexity index is 620. The van der Waals surface area contributed by atoms with Gasteiger partial charge in [-0.1, -0.05) is 30.3 Å². The highest BCUT2D eigenvalue weighted by molar-refractivity contribution is 7.89. The second-order valence-electron chi connectivity index (χ2n) is 4.55. The first kappa shape index (κ1) is 18.9. The first-order valence-electron chi connectivity index (χ1n) is 6.71. The smallest absolute Gasteiger partial charge is 0.407 e. The van der Waals surface area contributed by atoms with Crippen LogP contribution < -0.4 is 15.8 Å². The molecule has 0 aliphatic rings. The molecule has 0 unspecified atom stereocenters. The minimum absolute atomic E-state index is 0.0614. The van der Waals surface area contributed by atoms with Crippen LogP contribution in [-0.4, -0.2) is 50.5 Å². The quantitative estimate of drug-likeness (QED) is 0.460. The molecule has 1 aromatic rings. The molecule has 23 heavy (non-hydrogen) atoms. The molecule has 9 nitrogen and oxygen atoms in total. The number of nitrogens with one attached hydrogen (secondary N) is 2. The van der Waals surface area contributed by atoms with Crippen molar-refractivity contribution in [3.05, 3.63) is 35.9 Å². The molecule has 0 saturated carbocycles. The van der Waals surface area contributed by atoms with Crippen LogP contribution in [0.3, 0.4) is 0 Å². The second-order valence-corrected chi connectivity index (χ2v) is 6.43. The number of hydrogen-bond acceptors (Lipinski definition) is 6. The number of carboxylic acids is 1. The molecule has 1 atom stereocenters. The molecular weight excluding hydrogens is 326 g/mol. The first-order valence-corrected chi connectivity index (χ1v) is 8.36. The summed E-state index contributed by atoms with van der Waals surface area (Å²) in [6.07, 6.45) is -0.766. The molecule has 0 aliphatic carbocycles. The van der Waals surface area contributed by atoms with E-state index in [4.69, 9.17) is 15.6 Å². The minimum atomic E-state index is -3.88. The average Bonchev–Trinajstić information content (AvgIpc) is 2.51. The molecule has 0 radical (unpaired) electrons. The maximum absolute atomic E-state index is 11.6. The molecule has 0 spiro atoms. The summed E-state index contributed by atoms with van der Waals surface area (Å²) in [5.41, 5.74) is 5.95. The zero-order chi connectivity index (χ0) is 17.3. The van der Waals surface area contributed by atoms with Gasteiger partial charge >= 0.3 is 12.1 Å². The van der Waals surface area contributed by atoms with Crippen molar-refractivity contribution in [1.82, 2.24) is 10.0 Å². The topological polar surface area (TPSA) is 148 Å². The highest BCUT2D eigenvalue weighted by Crippen LogP contribution is 2.00. The summed E-state index contributed by atoms with van der Waals surface area (Å²) in [5, 5.41) is 11.0. The van der Waals surface area contributed by atoms with Crippen LogP contribution in [0, 0.1) is 0 Å². The molecule has 0 bridgehead atoms. The molecule has 0 heterocycles. The molecule has 1 rings (SSSR count). The lowest BCUT2D eigenvalue weighted by Crippen LogP contribution is -2.47. The van der Waals surface area contributed by atoms with Gasteiger partial charge in [-0.3, -0.25) is 4.79 Å². The predicted octanol–water partition coefficient (Wildman–Crippen LogP) is -0.756. The van der Waals surface area contributed by atoms with E-state index in [1.807, 2.05) is 10.8 Å². The number of ether oxygens (including phenoxy) is 1. The summed E-state index contributed by atoms with van der Waals surface area (Å²) in [7, 11) is -3.88. The lowest BCUT2D eigenvalue weighted by atomic mass is 10.2. The van der Waals surface area contributed by atoms with E-state index < -0.39 is 33.9 Å². The number of sulfonamides is 1. The molecule has 0 aliphatic heterocycles. The maximum atomic E-state index is 11.6. The SMILES string of the molecule is NC[C@H](NS(=O)(=O)CCNC(=O)OCc1ccccc1)C(=O)O. The highest BCUT2D eigenvalue weighted by atomic mass is 32.2. The van der Waals surface area contributed by atoms with Crippen LogP contribution in [0.2, 0.25) is 0 Å². The zero-order valence-corrected chi connectivity index (χ0v) is 13.1. The van der Waals surface area contributed by atoms with Crippen molar-refractivity contribution >= 4 is 22.1 Å². The van der Waals surface area contributed by atoms with Crippen LogP contribution >= 0.6 is 0 Å². The van der Waals surface area contributed by atoms with E-state index in [0.717, 1.165) is 5.56 Å². The van der Waals surface area contributed by atoms with E-state index in [1.54, 1.807) is 24.3 Å². The summed E-state index contributed by atoms with van der Waals surface area (Å²) in [4.78, 5) is 22.1. The lowest BCUT2D eigenvalue weighted by molar-refractivity contribution is -0.138. The Labute approximate surface area is 133 Å². The summed E-state index contributed by atoms with van der Waals surface area (Å²) in [6, 6.07) is 7.58. The molecule has 0 saturated heterocycles. The lowest BCUT2D eigenvalue weighted by Gasteiger charge is -2.13. The van der Waals surface area contributed by atoms with E-state index >= 15 is 0 Å². The maximum Gasteiger partial charge on any atom is 0.407 e. The van der Waals surface area contributed by atoms with Gasteiger partial charge < -0.3 is 20.9 Å². The van der Waals surface area contributed by atoms with Gasteiger partial charge in [0.15, 0.2) is 0 Å². The average molecular weight is 345 g/mol. The van der Waals surface area contributed by atoms with Crippen LogP contribution in [0.4, 0.5) is 4.79 Å². The number of aliphatic carboxylic acids is 1. The third kappa shape index (κ3) is 7.58. The van der Waals surface area contributed by atoms with Gasteiger partial charge in [-0.05, 0) is 5.56 Å². The third-order valence-electron chi connectivity index (χ3n) is 2.71. The number of alkyl carbamates (subject to hydrolysis) is 1. The fraction of sp³-hybridized carbons (Fsp3) is 0.385. The van der Waals surface area contributed by atoms with E-state index in [2.05, 4.69) is 5.32 Å². The molecule has 1 amide bonds. The van der Waals surface area contributed by atoms with E-state index in [9.17, 15) is 18.0 Å². The normalized spacial score (nSPS) is 12.4. The van der Waals surface area contributed by atoms with Gasteiger partial charge in [0.1, 0.15) is 12.6 Å². The standard InChI is InChI=1S/C13H19N3O6S/c14-8-11(12(17)18)16-23(20,21)7-6-15-13(19)22-9-10-4-2-1-3-5-10/h1-5,11,16H,6-9,14H2,(H,15,19)(H,17,18)/t11-/m0/s1. The number of hydrogen-bond donors (Lipinski definition) is 4. The van der Waals surface area contributed by atoms with Gasteiger partial charge in [-0.2, -0.15) is 4.72 Å². The fourth-order valence-corrected chi connectivity index (χ4v) is 2.66. The van der Waals surface area contributed by atoms with Crippen LogP contribution in [0.5, 0.6) is 0 Å². The number of carbonyl (C=O) groups excluding carboxylic acids is 1. The van der Waals surface area contributed by atoms with Crippen LogP contribution in [0.1, 0.15) is 5.56 Å². The summed E-state index contributed by atoms with van der Waals surface area (Å²) >= 11 is 0. The molecular formula is C13H19N3O6S. The Morgan fingerprint density at radius 2 is 1.91 bits per heavy atom. The van der Waals surface area contributed by atoms with Gasteiger partial charge in [-0.25, -0.2) is 13.2 Å². The van der Waals surface area contributed by atoms with Crippen molar-refractivity contribution in [2.24, 2.45) is 5.73 Å². The summed E-state index contributed by atoms with van der Waals surface area (Å²) in [5.74, 6) is -1.86. The van der Waals surface area contributed by atoms with Crippen LogP contribution in [0.25, 0.3) is 0 Å². The highest BCUT2D eigenvalue weighted by Gasteiger charge is 2.22. The van der Waals surface area contributed by atoms with Gasteiger partial charge in [0.05, 0.1) is 5.75 Å². The number of carbonyl (C=O) groups is 2. The fourth-order valence-electron chi connectivity index (χ4n) is 1.54. The van der Waals surface area contributed by atoms with E-state index in [-0.39, 0.29) is 19.7 Å². The van der Waals surface area contributed by atoms with Gasteiger partial charge in [-0.15, -0.1) is 0 Å². The van der Waals surface area contributed by atoms with Crippen molar-refractivity contribution < 1.29 is 27.9 Å². The number of rotatable bonds is 9.